The van der Waals surface area contributed by atoms with E-state index in [1.54, 1.807) is 0 Å². The van der Waals surface area contributed by atoms with E-state index < -0.39 is 0 Å². The van der Waals surface area contributed by atoms with Gasteiger partial charge < -0.3 is 4.90 Å². The van der Waals surface area contributed by atoms with Crippen LogP contribution < -0.4 is 0 Å². The minimum absolute atomic E-state index is 0.309. The molecule has 0 saturated heterocycles. The Morgan fingerprint density at radius 1 is 1.07 bits per heavy atom. The third kappa shape index (κ3) is 4.55. The molecule has 0 heterocycles. The molecule has 0 aliphatic carbocycles. The zero-order valence-corrected chi connectivity index (χ0v) is 12.1. The predicted molar refractivity (Wildman–Crippen MR) is 70.2 cm³/mol. The van der Waals surface area contributed by atoms with Gasteiger partial charge in [0.15, 0.2) is 0 Å². The van der Waals surface area contributed by atoms with E-state index in [9.17, 15) is 0 Å². The van der Waals surface area contributed by atoms with E-state index in [2.05, 4.69) is 60.4 Å². The first-order chi connectivity index (χ1) is 6.63. The van der Waals surface area contributed by atoms with Gasteiger partial charge in [-0.1, -0.05) is 41.0 Å². The summed E-state index contributed by atoms with van der Waals surface area (Å²) in [4.78, 5) is 2.51. The zero-order chi connectivity index (χ0) is 12.3. The first-order valence-corrected chi connectivity index (χ1v) is 6.34. The monoisotopic (exact) mass is 213 g/mol. The molecule has 0 radical (unpaired) electrons. The van der Waals surface area contributed by atoms with Gasteiger partial charge in [-0.2, -0.15) is 0 Å². The van der Waals surface area contributed by atoms with Crippen LogP contribution in [0.25, 0.3) is 0 Å². The molecule has 15 heavy (non-hydrogen) atoms. The van der Waals surface area contributed by atoms with Crippen LogP contribution in [0.3, 0.4) is 0 Å². The lowest BCUT2D eigenvalue weighted by Gasteiger charge is -2.40. The van der Waals surface area contributed by atoms with Crippen LogP contribution >= 0.6 is 0 Å². The second kappa shape index (κ2) is 5.34. The topological polar surface area (TPSA) is 3.24 Å². The summed E-state index contributed by atoms with van der Waals surface area (Å²) in [7, 11) is 2.26. The van der Waals surface area contributed by atoms with Gasteiger partial charge in [-0.05, 0) is 45.2 Å². The molecule has 0 bridgehead atoms. The molecule has 0 aromatic heterocycles. The molecule has 0 spiro atoms. The van der Waals surface area contributed by atoms with Gasteiger partial charge in [0.1, 0.15) is 0 Å². The van der Waals surface area contributed by atoms with Crippen molar-refractivity contribution >= 4 is 0 Å². The first-order valence-electron chi connectivity index (χ1n) is 6.34. The van der Waals surface area contributed by atoms with E-state index in [0.29, 0.717) is 16.9 Å². The highest BCUT2D eigenvalue weighted by Gasteiger charge is 2.28. The fraction of sp³-hybridized carbons (Fsp3) is 1.00. The minimum atomic E-state index is 0.309. The summed E-state index contributed by atoms with van der Waals surface area (Å²) in [5, 5.41) is 0. The molecule has 0 saturated carbocycles. The van der Waals surface area contributed by atoms with Crippen molar-refractivity contribution in [2.45, 2.75) is 66.8 Å². The van der Waals surface area contributed by atoms with Crippen molar-refractivity contribution in [3.63, 3.8) is 0 Å². The highest BCUT2D eigenvalue weighted by molar-refractivity contribution is 4.83. The van der Waals surface area contributed by atoms with Crippen molar-refractivity contribution < 1.29 is 0 Å². The summed E-state index contributed by atoms with van der Waals surface area (Å²) in [6.45, 7) is 17.5. The van der Waals surface area contributed by atoms with Crippen LogP contribution in [0.1, 0.15) is 61.3 Å². The fourth-order valence-corrected chi connectivity index (χ4v) is 1.38. The molecular weight excluding hydrogens is 182 g/mol. The average Bonchev–Trinajstić information content (AvgIpc) is 2.14. The highest BCUT2D eigenvalue weighted by Crippen LogP contribution is 2.28. The lowest BCUT2D eigenvalue weighted by molar-refractivity contribution is 0.0899. The third-order valence-electron chi connectivity index (χ3n) is 4.48. The zero-order valence-electron chi connectivity index (χ0n) is 12.1. The van der Waals surface area contributed by atoms with Gasteiger partial charge in [0.25, 0.3) is 0 Å². The van der Waals surface area contributed by atoms with Crippen molar-refractivity contribution in [2.75, 3.05) is 13.6 Å². The second-order valence-electron chi connectivity index (χ2n) is 6.50. The number of hydrogen-bond acceptors (Lipinski definition) is 1. The van der Waals surface area contributed by atoms with E-state index in [-0.39, 0.29) is 0 Å². The summed E-state index contributed by atoms with van der Waals surface area (Å²) in [6.07, 6.45) is 2.55. The lowest BCUT2D eigenvalue weighted by atomic mass is 9.84. The Morgan fingerprint density at radius 3 is 1.87 bits per heavy atom. The predicted octanol–water partition coefficient (Wildman–Crippen LogP) is 4.18. The molecule has 0 aliphatic rings. The molecule has 0 unspecified atom stereocenters. The lowest BCUT2D eigenvalue weighted by Crippen LogP contribution is -2.46. The van der Waals surface area contributed by atoms with E-state index in [4.69, 9.17) is 0 Å². The Morgan fingerprint density at radius 2 is 1.53 bits per heavy atom. The van der Waals surface area contributed by atoms with Crippen molar-refractivity contribution in [3.8, 4) is 0 Å². The number of nitrogens with zero attached hydrogens (tertiary/aromatic N) is 1. The molecule has 1 nitrogen and oxygen atoms in total. The summed E-state index contributed by atoms with van der Waals surface area (Å²) >= 11 is 0. The minimum Gasteiger partial charge on any atom is -0.301 e. The Hall–Kier alpha value is -0.0400. The van der Waals surface area contributed by atoms with Gasteiger partial charge in [0.05, 0.1) is 0 Å². The van der Waals surface area contributed by atoms with Gasteiger partial charge in [0, 0.05) is 5.54 Å². The van der Waals surface area contributed by atoms with Crippen molar-refractivity contribution in [3.05, 3.63) is 0 Å². The van der Waals surface area contributed by atoms with Crippen LogP contribution in [0.4, 0.5) is 0 Å². The SMILES string of the molecule is CCC(C)(C)CCN(C)C(C)(C)C(C)C. The van der Waals surface area contributed by atoms with E-state index in [0.717, 1.165) is 0 Å². The van der Waals surface area contributed by atoms with Crippen LogP contribution in [0.15, 0.2) is 0 Å². The third-order valence-corrected chi connectivity index (χ3v) is 4.48. The molecule has 92 valence electrons. The molecule has 0 amide bonds. The normalized spacial score (nSPS) is 14.0. The smallest absolute Gasteiger partial charge is 0.0173 e. The molecular formula is C14H31N. The van der Waals surface area contributed by atoms with Gasteiger partial charge >= 0.3 is 0 Å². The maximum Gasteiger partial charge on any atom is 0.0173 e. The van der Waals surface area contributed by atoms with Crippen LogP contribution in [0.5, 0.6) is 0 Å². The molecule has 0 aliphatic heterocycles. The van der Waals surface area contributed by atoms with Crippen LogP contribution in [-0.2, 0) is 0 Å². The van der Waals surface area contributed by atoms with Gasteiger partial charge in [0.2, 0.25) is 0 Å². The van der Waals surface area contributed by atoms with Gasteiger partial charge in [-0.15, -0.1) is 0 Å². The Kier molecular flexibility index (Phi) is 5.32. The number of hydrogen-bond donors (Lipinski definition) is 0. The van der Waals surface area contributed by atoms with Crippen LogP contribution in [-0.4, -0.2) is 24.0 Å². The summed E-state index contributed by atoms with van der Waals surface area (Å²) < 4.78 is 0. The fourth-order valence-electron chi connectivity index (χ4n) is 1.38. The van der Waals surface area contributed by atoms with E-state index in [1.807, 2.05) is 0 Å². The number of rotatable bonds is 6. The standard InChI is InChI=1S/C14H31N/c1-9-13(4,5)10-11-15(8)14(6,7)12(2)3/h12H,9-11H2,1-8H3. The molecule has 0 aromatic rings. The average molecular weight is 213 g/mol. The largest absolute Gasteiger partial charge is 0.301 e. The summed E-state index contributed by atoms with van der Waals surface area (Å²) in [5.74, 6) is 0.701. The van der Waals surface area contributed by atoms with Gasteiger partial charge in [-0.3, -0.25) is 0 Å². The second-order valence-corrected chi connectivity index (χ2v) is 6.50. The first kappa shape index (κ1) is 15.0. The van der Waals surface area contributed by atoms with E-state index >= 15 is 0 Å². The Bertz CT molecular complexity index is 180. The molecule has 0 aromatic carbocycles. The van der Waals surface area contributed by atoms with Crippen molar-refractivity contribution in [2.24, 2.45) is 11.3 Å². The quantitative estimate of drug-likeness (QED) is 0.640. The molecule has 1 heteroatoms. The molecule has 0 atom stereocenters. The van der Waals surface area contributed by atoms with Gasteiger partial charge in [-0.25, -0.2) is 0 Å². The van der Waals surface area contributed by atoms with Crippen molar-refractivity contribution in [1.29, 1.82) is 0 Å². The van der Waals surface area contributed by atoms with Crippen LogP contribution in [0, 0.1) is 11.3 Å². The maximum atomic E-state index is 2.51. The molecule has 0 N–H and O–H groups in total. The van der Waals surface area contributed by atoms with Crippen molar-refractivity contribution in [1.82, 2.24) is 4.90 Å². The summed E-state index contributed by atoms with van der Waals surface area (Å²) in [6, 6.07) is 0. The van der Waals surface area contributed by atoms with Crippen LogP contribution in [0.2, 0.25) is 0 Å². The Balaban J connectivity index is 4.20. The molecule has 0 rings (SSSR count). The maximum absolute atomic E-state index is 2.51. The van der Waals surface area contributed by atoms with E-state index in [1.165, 1.54) is 19.4 Å². The molecule has 0 fully saturated rings. The summed E-state index contributed by atoms with van der Waals surface area (Å²) in [5.41, 5.74) is 0.797. The Labute approximate surface area is 97.2 Å². The highest BCUT2D eigenvalue weighted by atomic mass is 15.2.